The van der Waals surface area contributed by atoms with E-state index in [-0.39, 0.29) is 41.4 Å². The number of aromatic carboxylic acids is 1. The van der Waals surface area contributed by atoms with Crippen LogP contribution in [0.4, 0.5) is 11.7 Å². The molecule has 0 saturated carbocycles. The number of hydrogen-bond donors (Lipinski definition) is 3. The van der Waals surface area contributed by atoms with Gasteiger partial charge >= 0.3 is 12.0 Å². The molecule has 2 heterocycles. The number of aromatic nitrogens is 2. The van der Waals surface area contributed by atoms with E-state index in [1.54, 1.807) is 24.3 Å². The summed E-state index contributed by atoms with van der Waals surface area (Å²) in [6.45, 7) is 1.81. The van der Waals surface area contributed by atoms with Crippen molar-refractivity contribution in [2.45, 2.75) is 19.3 Å². The number of nitrogen functional groups attached to an aromatic ring is 1. The predicted molar refractivity (Wildman–Crippen MR) is 91.5 cm³/mol. The normalized spacial score (nSPS) is 11.9. The van der Waals surface area contributed by atoms with Gasteiger partial charge in [0.15, 0.2) is 5.76 Å². The molecule has 26 heavy (non-hydrogen) atoms. The van der Waals surface area contributed by atoms with E-state index in [2.05, 4.69) is 15.5 Å². The first kappa shape index (κ1) is 17.2. The standard InChI is InChI=1S/C17H16N4O5/c1-9(12-6-7-13(25-12)15-20-21-17(18)26-15)8-14(22)19-11-5-3-2-4-10(11)16(23)24/h2-7,9H,8H2,1H3,(H2,18,21)(H,19,22)(H,23,24). The lowest BCUT2D eigenvalue weighted by Crippen LogP contribution is -2.16. The summed E-state index contributed by atoms with van der Waals surface area (Å²) < 4.78 is 10.7. The second kappa shape index (κ2) is 7.09. The zero-order valence-electron chi connectivity index (χ0n) is 13.8. The van der Waals surface area contributed by atoms with E-state index in [1.807, 2.05) is 6.92 Å². The minimum absolute atomic E-state index is 0.0303. The van der Waals surface area contributed by atoms with Crippen molar-refractivity contribution in [3.05, 3.63) is 47.7 Å². The summed E-state index contributed by atoms with van der Waals surface area (Å²) in [5, 5.41) is 19.1. The quantitative estimate of drug-likeness (QED) is 0.611. The average molecular weight is 356 g/mol. The summed E-state index contributed by atoms with van der Waals surface area (Å²) in [6, 6.07) is 9.50. The van der Waals surface area contributed by atoms with Crippen LogP contribution in [0.25, 0.3) is 11.7 Å². The molecule has 1 aromatic carbocycles. The first-order valence-electron chi connectivity index (χ1n) is 7.75. The highest BCUT2D eigenvalue weighted by Crippen LogP contribution is 2.28. The number of benzene rings is 1. The summed E-state index contributed by atoms with van der Waals surface area (Å²) in [5.41, 5.74) is 5.66. The van der Waals surface area contributed by atoms with E-state index >= 15 is 0 Å². The van der Waals surface area contributed by atoms with Crippen LogP contribution in [-0.2, 0) is 4.79 Å². The van der Waals surface area contributed by atoms with Crippen molar-refractivity contribution in [3.8, 4) is 11.7 Å². The number of anilines is 2. The Hall–Kier alpha value is -3.62. The molecular formula is C17H16N4O5. The SMILES string of the molecule is CC(CC(=O)Nc1ccccc1C(=O)O)c1ccc(-c2nnc(N)o2)o1. The topological polar surface area (TPSA) is 144 Å². The van der Waals surface area contributed by atoms with E-state index in [1.165, 1.54) is 12.1 Å². The molecule has 0 aliphatic carbocycles. The summed E-state index contributed by atoms with van der Waals surface area (Å²) in [5.74, 6) is -0.623. The molecule has 1 unspecified atom stereocenters. The van der Waals surface area contributed by atoms with Crippen molar-refractivity contribution in [2.75, 3.05) is 11.1 Å². The number of carbonyl (C=O) groups is 2. The Labute approximate surface area is 147 Å². The van der Waals surface area contributed by atoms with Crippen LogP contribution in [0.5, 0.6) is 0 Å². The number of hydrogen-bond acceptors (Lipinski definition) is 7. The van der Waals surface area contributed by atoms with Gasteiger partial charge in [-0.25, -0.2) is 4.79 Å². The summed E-state index contributed by atoms with van der Waals surface area (Å²) in [7, 11) is 0. The van der Waals surface area contributed by atoms with Crippen molar-refractivity contribution in [1.29, 1.82) is 0 Å². The molecule has 0 bridgehead atoms. The number of nitrogens with two attached hydrogens (primary N) is 1. The van der Waals surface area contributed by atoms with Gasteiger partial charge < -0.3 is 25.0 Å². The number of carboxylic acid groups (broad SMARTS) is 1. The molecule has 4 N–H and O–H groups in total. The maximum absolute atomic E-state index is 12.2. The van der Waals surface area contributed by atoms with Gasteiger partial charge in [0.25, 0.3) is 5.89 Å². The van der Waals surface area contributed by atoms with Crippen molar-refractivity contribution in [2.24, 2.45) is 0 Å². The molecule has 0 radical (unpaired) electrons. The average Bonchev–Trinajstić information content (AvgIpc) is 3.23. The Kier molecular flexibility index (Phi) is 4.70. The fourth-order valence-electron chi connectivity index (χ4n) is 2.43. The number of carbonyl (C=O) groups excluding carboxylic acids is 1. The van der Waals surface area contributed by atoms with Crippen molar-refractivity contribution in [3.63, 3.8) is 0 Å². The molecular weight excluding hydrogens is 340 g/mol. The lowest BCUT2D eigenvalue weighted by atomic mass is 10.0. The Morgan fingerprint density at radius 3 is 2.65 bits per heavy atom. The summed E-state index contributed by atoms with van der Waals surface area (Å²) in [4.78, 5) is 23.4. The molecule has 134 valence electrons. The zero-order chi connectivity index (χ0) is 18.7. The van der Waals surface area contributed by atoms with E-state index in [0.717, 1.165) is 0 Å². The summed E-state index contributed by atoms with van der Waals surface area (Å²) in [6.07, 6.45) is 0.104. The van der Waals surface area contributed by atoms with Crippen molar-refractivity contribution in [1.82, 2.24) is 10.2 Å². The third-order valence-corrected chi connectivity index (χ3v) is 3.69. The van der Waals surface area contributed by atoms with Crippen LogP contribution in [0.15, 0.2) is 45.2 Å². The van der Waals surface area contributed by atoms with Crippen LogP contribution >= 0.6 is 0 Å². The highest BCUT2D eigenvalue weighted by molar-refractivity contribution is 6.00. The smallest absolute Gasteiger partial charge is 0.337 e. The van der Waals surface area contributed by atoms with Gasteiger partial charge in [-0.3, -0.25) is 4.79 Å². The second-order valence-corrected chi connectivity index (χ2v) is 5.65. The Bertz CT molecular complexity index is 946. The van der Waals surface area contributed by atoms with E-state index < -0.39 is 5.97 Å². The third kappa shape index (κ3) is 3.72. The lowest BCUT2D eigenvalue weighted by Gasteiger charge is -2.11. The maximum Gasteiger partial charge on any atom is 0.337 e. The molecule has 1 atom stereocenters. The first-order valence-corrected chi connectivity index (χ1v) is 7.75. The molecule has 3 rings (SSSR count). The molecule has 1 amide bonds. The number of carboxylic acids is 1. The van der Waals surface area contributed by atoms with Crippen LogP contribution in [0.3, 0.4) is 0 Å². The predicted octanol–water partition coefficient (Wildman–Crippen LogP) is 2.74. The number of para-hydroxylation sites is 1. The Morgan fingerprint density at radius 2 is 1.96 bits per heavy atom. The second-order valence-electron chi connectivity index (χ2n) is 5.65. The van der Waals surface area contributed by atoms with E-state index in [0.29, 0.717) is 11.5 Å². The maximum atomic E-state index is 12.2. The fraction of sp³-hybridized carbons (Fsp3) is 0.176. The first-order chi connectivity index (χ1) is 12.4. The number of nitrogens with zero attached hydrogens (tertiary/aromatic N) is 2. The highest BCUT2D eigenvalue weighted by atomic mass is 16.4. The zero-order valence-corrected chi connectivity index (χ0v) is 13.8. The van der Waals surface area contributed by atoms with Crippen LogP contribution in [0.1, 0.15) is 35.4 Å². The van der Waals surface area contributed by atoms with Gasteiger partial charge in [0, 0.05) is 12.3 Å². The van der Waals surface area contributed by atoms with E-state index in [4.69, 9.17) is 19.7 Å². The molecule has 0 spiro atoms. The van der Waals surface area contributed by atoms with Crippen LogP contribution in [-0.4, -0.2) is 27.2 Å². The van der Waals surface area contributed by atoms with Crippen LogP contribution < -0.4 is 11.1 Å². The van der Waals surface area contributed by atoms with Crippen LogP contribution in [0, 0.1) is 0 Å². The molecule has 9 heteroatoms. The molecule has 0 fully saturated rings. The molecule has 9 nitrogen and oxygen atoms in total. The molecule has 0 aliphatic rings. The number of amides is 1. The van der Waals surface area contributed by atoms with Gasteiger partial charge in [-0.05, 0) is 24.3 Å². The Morgan fingerprint density at radius 1 is 1.19 bits per heavy atom. The van der Waals surface area contributed by atoms with Gasteiger partial charge in [-0.1, -0.05) is 24.2 Å². The number of rotatable bonds is 6. The highest BCUT2D eigenvalue weighted by Gasteiger charge is 2.19. The molecule has 0 saturated heterocycles. The van der Waals surface area contributed by atoms with Gasteiger partial charge in [0.05, 0.1) is 11.3 Å². The van der Waals surface area contributed by atoms with Crippen LogP contribution in [0.2, 0.25) is 0 Å². The molecule has 3 aromatic rings. The number of furan rings is 1. The number of nitrogens with one attached hydrogen (secondary N) is 1. The molecule has 0 aliphatic heterocycles. The van der Waals surface area contributed by atoms with Crippen molar-refractivity contribution >= 4 is 23.6 Å². The lowest BCUT2D eigenvalue weighted by molar-refractivity contribution is -0.116. The fourth-order valence-corrected chi connectivity index (χ4v) is 2.43. The van der Waals surface area contributed by atoms with Gasteiger partial charge in [0.1, 0.15) is 5.76 Å². The van der Waals surface area contributed by atoms with Gasteiger partial charge in [0.2, 0.25) is 5.91 Å². The van der Waals surface area contributed by atoms with Crippen molar-refractivity contribution < 1.29 is 23.5 Å². The minimum Gasteiger partial charge on any atom is -0.478 e. The minimum atomic E-state index is -1.11. The Balaban J connectivity index is 1.67. The summed E-state index contributed by atoms with van der Waals surface area (Å²) >= 11 is 0. The third-order valence-electron chi connectivity index (χ3n) is 3.69. The van der Waals surface area contributed by atoms with E-state index in [9.17, 15) is 9.59 Å². The molecule has 2 aromatic heterocycles. The largest absolute Gasteiger partial charge is 0.478 e. The monoisotopic (exact) mass is 356 g/mol. The van der Waals surface area contributed by atoms with Gasteiger partial charge in [-0.2, -0.15) is 0 Å². The van der Waals surface area contributed by atoms with Gasteiger partial charge in [-0.15, -0.1) is 5.10 Å².